The fourth-order valence-electron chi connectivity index (χ4n) is 7.94. The van der Waals surface area contributed by atoms with Crippen LogP contribution in [0.15, 0.2) is 146 Å². The lowest BCUT2D eigenvalue weighted by Gasteiger charge is -2.27. The highest BCUT2D eigenvalue weighted by atomic mass is 32.1. The van der Waals surface area contributed by atoms with Crippen LogP contribution in [0.1, 0.15) is 47.6 Å². The molecule has 2 heteroatoms. The van der Waals surface area contributed by atoms with Gasteiger partial charge in [-0.3, -0.25) is 0 Å². The molecule has 7 aromatic rings. The van der Waals surface area contributed by atoms with Crippen LogP contribution in [0.25, 0.3) is 32.3 Å². The van der Waals surface area contributed by atoms with Crippen LogP contribution in [0.3, 0.4) is 0 Å². The van der Waals surface area contributed by atoms with Gasteiger partial charge in [0, 0.05) is 21.7 Å². The first-order chi connectivity index (χ1) is 22.5. The summed E-state index contributed by atoms with van der Waals surface area (Å²) in [5.74, 6) is 0.444. The Hall–Kier alpha value is -4.92. The molecule has 46 heavy (non-hydrogen) atoms. The lowest BCUT2D eigenvalue weighted by molar-refractivity contribution is 0.660. The number of nitrogens with zero attached hydrogens (tertiary/aromatic N) is 1. The van der Waals surface area contributed by atoms with Gasteiger partial charge in [0.05, 0.1) is 0 Å². The van der Waals surface area contributed by atoms with E-state index in [-0.39, 0.29) is 5.41 Å². The molecule has 0 bridgehead atoms. The van der Waals surface area contributed by atoms with Crippen LogP contribution in [0.5, 0.6) is 0 Å². The van der Waals surface area contributed by atoms with Gasteiger partial charge in [-0.15, -0.1) is 11.3 Å². The zero-order chi connectivity index (χ0) is 30.8. The Balaban J connectivity index is 1.24. The quantitative estimate of drug-likeness (QED) is 0.192. The number of anilines is 3. The SMILES string of the molecule is CC1(C)c2ccccc2-c2ccc(N(c3ccc4ccccc4c3)c3cc4c(s3)-c3ccccc3CC(c3ccccc3)C4)cc21. The Morgan fingerprint density at radius 3 is 2.07 bits per heavy atom. The lowest BCUT2D eigenvalue weighted by Crippen LogP contribution is -2.16. The molecular formula is C44H35NS. The smallest absolute Gasteiger partial charge is 0.101 e. The van der Waals surface area contributed by atoms with Crippen molar-refractivity contribution in [2.24, 2.45) is 0 Å². The van der Waals surface area contributed by atoms with Crippen LogP contribution in [0.2, 0.25) is 0 Å². The topological polar surface area (TPSA) is 3.24 Å². The largest absolute Gasteiger partial charge is 0.302 e. The average molecular weight is 610 g/mol. The Morgan fingerprint density at radius 2 is 1.20 bits per heavy atom. The molecular weight excluding hydrogens is 575 g/mol. The fourth-order valence-corrected chi connectivity index (χ4v) is 9.23. The summed E-state index contributed by atoms with van der Waals surface area (Å²) in [6, 6.07) is 54.3. The zero-order valence-electron chi connectivity index (χ0n) is 26.2. The van der Waals surface area contributed by atoms with E-state index in [2.05, 4.69) is 164 Å². The van der Waals surface area contributed by atoms with Crippen LogP contribution < -0.4 is 4.90 Å². The fraction of sp³-hybridized carbons (Fsp3) is 0.136. The zero-order valence-corrected chi connectivity index (χ0v) is 27.0. The normalized spacial score (nSPS) is 15.8. The number of hydrogen-bond donors (Lipinski definition) is 0. The van der Waals surface area contributed by atoms with E-state index >= 15 is 0 Å². The summed E-state index contributed by atoms with van der Waals surface area (Å²) < 4.78 is 0. The summed E-state index contributed by atoms with van der Waals surface area (Å²) in [7, 11) is 0. The summed E-state index contributed by atoms with van der Waals surface area (Å²) in [6.45, 7) is 4.74. The van der Waals surface area contributed by atoms with Gasteiger partial charge in [-0.25, -0.2) is 0 Å². The van der Waals surface area contributed by atoms with Gasteiger partial charge in [0.25, 0.3) is 0 Å². The number of fused-ring (bicyclic) bond motifs is 7. The molecule has 1 atom stereocenters. The van der Waals surface area contributed by atoms with E-state index in [1.807, 2.05) is 11.3 Å². The van der Waals surface area contributed by atoms with E-state index < -0.39 is 0 Å². The van der Waals surface area contributed by atoms with Crippen LogP contribution in [-0.4, -0.2) is 0 Å². The van der Waals surface area contributed by atoms with E-state index in [9.17, 15) is 0 Å². The van der Waals surface area contributed by atoms with Crippen molar-refractivity contribution in [3.63, 3.8) is 0 Å². The monoisotopic (exact) mass is 609 g/mol. The Morgan fingerprint density at radius 1 is 0.543 bits per heavy atom. The lowest BCUT2D eigenvalue weighted by atomic mass is 9.82. The van der Waals surface area contributed by atoms with Gasteiger partial charge in [-0.1, -0.05) is 129 Å². The Bertz CT molecular complexity index is 2260. The third-order valence-electron chi connectivity index (χ3n) is 10.3. The van der Waals surface area contributed by atoms with Crippen molar-refractivity contribution in [3.05, 3.63) is 173 Å². The summed E-state index contributed by atoms with van der Waals surface area (Å²) in [6.07, 6.45) is 2.09. The minimum Gasteiger partial charge on any atom is -0.302 e. The molecule has 0 spiro atoms. The summed E-state index contributed by atoms with van der Waals surface area (Å²) in [5, 5.41) is 3.78. The van der Waals surface area contributed by atoms with E-state index in [0.29, 0.717) is 5.92 Å². The molecule has 1 unspecified atom stereocenters. The van der Waals surface area contributed by atoms with E-state index in [4.69, 9.17) is 0 Å². The van der Waals surface area contributed by atoms with Crippen molar-refractivity contribution >= 4 is 38.5 Å². The van der Waals surface area contributed by atoms with Crippen LogP contribution in [0, 0.1) is 0 Å². The molecule has 0 aliphatic heterocycles. The second-order valence-corrected chi connectivity index (χ2v) is 14.4. The molecule has 1 nitrogen and oxygen atoms in total. The van der Waals surface area contributed by atoms with Crippen molar-refractivity contribution in [2.75, 3.05) is 4.90 Å². The average Bonchev–Trinajstić information content (AvgIpc) is 3.55. The van der Waals surface area contributed by atoms with Gasteiger partial charge in [-0.05, 0) is 104 Å². The molecule has 0 radical (unpaired) electrons. The van der Waals surface area contributed by atoms with Crippen molar-refractivity contribution in [1.82, 2.24) is 0 Å². The van der Waals surface area contributed by atoms with Gasteiger partial charge in [0.1, 0.15) is 5.00 Å². The maximum Gasteiger partial charge on any atom is 0.101 e. The maximum atomic E-state index is 2.51. The number of thiophene rings is 1. The molecule has 2 aliphatic rings. The third-order valence-corrected chi connectivity index (χ3v) is 11.5. The molecule has 6 aromatic carbocycles. The van der Waals surface area contributed by atoms with Crippen LogP contribution in [0.4, 0.5) is 16.4 Å². The van der Waals surface area contributed by atoms with E-state index in [0.717, 1.165) is 12.8 Å². The predicted octanol–water partition coefficient (Wildman–Crippen LogP) is 12.2. The van der Waals surface area contributed by atoms with E-state index in [1.165, 1.54) is 76.5 Å². The van der Waals surface area contributed by atoms with Crippen molar-refractivity contribution < 1.29 is 0 Å². The second-order valence-electron chi connectivity index (χ2n) is 13.4. The van der Waals surface area contributed by atoms with Crippen molar-refractivity contribution in [3.8, 4) is 21.6 Å². The van der Waals surface area contributed by atoms with Crippen molar-refractivity contribution in [1.29, 1.82) is 0 Å². The standard InChI is InChI=1S/C44H35NS/c1-44(2)40-19-11-10-18-38(40)39-23-22-36(28-41(39)44)45(35-21-20-30-14-6-7-15-31(30)26-35)42-27-34-25-33(29-12-4-3-5-13-29)24-32-16-8-9-17-37(32)43(34)46-42/h3-23,26-28,33H,24-25H2,1-2H3. The first-order valence-electron chi connectivity index (χ1n) is 16.3. The van der Waals surface area contributed by atoms with Gasteiger partial charge >= 0.3 is 0 Å². The highest BCUT2D eigenvalue weighted by molar-refractivity contribution is 7.19. The first-order valence-corrected chi connectivity index (χ1v) is 17.2. The number of rotatable bonds is 4. The predicted molar refractivity (Wildman–Crippen MR) is 196 cm³/mol. The minimum absolute atomic E-state index is 0.0640. The molecule has 9 rings (SSSR count). The van der Waals surface area contributed by atoms with Gasteiger partial charge in [0.15, 0.2) is 0 Å². The number of benzene rings is 6. The molecule has 0 N–H and O–H groups in total. The molecule has 0 saturated carbocycles. The van der Waals surface area contributed by atoms with Gasteiger partial charge in [0.2, 0.25) is 0 Å². The summed E-state index contributed by atoms with van der Waals surface area (Å²) >= 11 is 1.94. The molecule has 1 heterocycles. The van der Waals surface area contributed by atoms with E-state index in [1.54, 1.807) is 0 Å². The minimum atomic E-state index is -0.0640. The molecule has 0 fully saturated rings. The Kier molecular flexibility index (Phi) is 6.30. The highest BCUT2D eigenvalue weighted by Gasteiger charge is 2.36. The van der Waals surface area contributed by atoms with Gasteiger partial charge < -0.3 is 4.90 Å². The van der Waals surface area contributed by atoms with Crippen LogP contribution in [-0.2, 0) is 18.3 Å². The Labute approximate surface area is 275 Å². The number of hydrogen-bond acceptors (Lipinski definition) is 2. The van der Waals surface area contributed by atoms with Crippen LogP contribution >= 0.6 is 11.3 Å². The molecule has 2 aliphatic carbocycles. The van der Waals surface area contributed by atoms with Crippen molar-refractivity contribution in [2.45, 2.75) is 38.0 Å². The summed E-state index contributed by atoms with van der Waals surface area (Å²) in [4.78, 5) is 3.91. The molecule has 0 amide bonds. The van der Waals surface area contributed by atoms with Gasteiger partial charge in [-0.2, -0.15) is 0 Å². The molecule has 1 aromatic heterocycles. The second kappa shape index (κ2) is 10.6. The molecule has 222 valence electrons. The maximum absolute atomic E-state index is 2.51. The third kappa shape index (κ3) is 4.35. The first kappa shape index (κ1) is 27.4. The molecule has 0 saturated heterocycles. The highest BCUT2D eigenvalue weighted by Crippen LogP contribution is 2.52. The summed E-state index contributed by atoms with van der Waals surface area (Å²) in [5.41, 5.74) is 13.5.